The number of benzene rings is 2. The minimum Gasteiger partial charge on any atom is -0.377 e. The number of fused-ring (bicyclic) bond motifs is 3. The summed E-state index contributed by atoms with van der Waals surface area (Å²) in [6.07, 6.45) is 1.80. The third-order valence-electron chi connectivity index (χ3n) is 5.47. The van der Waals surface area contributed by atoms with E-state index in [1.165, 1.54) is 11.6 Å². The minimum atomic E-state index is -0.798. The van der Waals surface area contributed by atoms with Crippen LogP contribution in [-0.4, -0.2) is 6.61 Å². The maximum atomic E-state index is 14.4. The summed E-state index contributed by atoms with van der Waals surface area (Å²) in [7, 11) is 0. The predicted molar refractivity (Wildman–Crippen MR) is 94.7 cm³/mol. The SMILES string of the molecule is CC(C)c1ccc2c(c1)C1OCCCC1C(c1cccc(F)c1F)N2. The first-order valence-electron chi connectivity index (χ1n) is 9.02. The van der Waals surface area contributed by atoms with Gasteiger partial charge >= 0.3 is 0 Å². The molecule has 1 fully saturated rings. The van der Waals surface area contributed by atoms with Gasteiger partial charge in [-0.25, -0.2) is 8.78 Å². The maximum Gasteiger partial charge on any atom is 0.164 e. The van der Waals surface area contributed by atoms with Crippen LogP contribution in [0.25, 0.3) is 0 Å². The van der Waals surface area contributed by atoms with E-state index in [2.05, 4.69) is 31.3 Å². The van der Waals surface area contributed by atoms with Crippen molar-refractivity contribution >= 4 is 5.69 Å². The van der Waals surface area contributed by atoms with E-state index < -0.39 is 11.6 Å². The van der Waals surface area contributed by atoms with Crippen molar-refractivity contribution < 1.29 is 13.5 Å². The number of nitrogens with one attached hydrogen (secondary N) is 1. The molecule has 25 heavy (non-hydrogen) atoms. The van der Waals surface area contributed by atoms with Gasteiger partial charge in [0.05, 0.1) is 12.1 Å². The Morgan fingerprint density at radius 3 is 2.76 bits per heavy atom. The van der Waals surface area contributed by atoms with Crippen molar-refractivity contribution in [1.82, 2.24) is 0 Å². The van der Waals surface area contributed by atoms with Crippen molar-refractivity contribution in [2.24, 2.45) is 5.92 Å². The fraction of sp³-hybridized carbons (Fsp3) is 0.429. The lowest BCUT2D eigenvalue weighted by molar-refractivity contribution is -0.0385. The summed E-state index contributed by atoms with van der Waals surface area (Å²) in [6, 6.07) is 10.5. The molecule has 1 saturated heterocycles. The Kier molecular flexibility index (Phi) is 4.24. The Morgan fingerprint density at radius 2 is 1.96 bits per heavy atom. The largest absolute Gasteiger partial charge is 0.377 e. The summed E-state index contributed by atoms with van der Waals surface area (Å²) in [4.78, 5) is 0. The van der Waals surface area contributed by atoms with Crippen LogP contribution in [0.1, 0.15) is 61.4 Å². The Hall–Kier alpha value is -1.94. The third kappa shape index (κ3) is 2.82. The molecule has 3 atom stereocenters. The smallest absolute Gasteiger partial charge is 0.164 e. The van der Waals surface area contributed by atoms with Gasteiger partial charge in [-0.15, -0.1) is 0 Å². The molecule has 0 amide bonds. The highest BCUT2D eigenvalue weighted by Gasteiger charge is 2.41. The molecule has 2 aromatic carbocycles. The number of rotatable bonds is 2. The summed E-state index contributed by atoms with van der Waals surface area (Å²) < 4.78 is 34.3. The fourth-order valence-corrected chi connectivity index (χ4v) is 4.12. The van der Waals surface area contributed by atoms with Crippen LogP contribution in [0.2, 0.25) is 0 Å². The molecule has 2 heterocycles. The van der Waals surface area contributed by atoms with Gasteiger partial charge in [-0.05, 0) is 36.5 Å². The molecular formula is C21H23F2NO. The zero-order valence-electron chi connectivity index (χ0n) is 14.6. The molecule has 2 aliphatic heterocycles. The Labute approximate surface area is 147 Å². The van der Waals surface area contributed by atoms with Gasteiger partial charge in [-0.3, -0.25) is 0 Å². The molecule has 2 aromatic rings. The molecule has 0 aromatic heterocycles. The van der Waals surface area contributed by atoms with E-state index in [-0.39, 0.29) is 18.1 Å². The van der Waals surface area contributed by atoms with Gasteiger partial charge in [0, 0.05) is 29.3 Å². The number of halogens is 2. The van der Waals surface area contributed by atoms with Gasteiger partial charge in [-0.2, -0.15) is 0 Å². The standard InChI is InChI=1S/C21H23F2NO/c1-12(2)13-8-9-18-16(11-13)21-15(6-4-10-25-21)20(24-18)14-5-3-7-17(22)19(14)23/h3,5,7-9,11-12,15,20-21,24H,4,6,10H2,1-2H3. The van der Waals surface area contributed by atoms with E-state index in [1.807, 2.05) is 6.07 Å². The lowest BCUT2D eigenvalue weighted by Gasteiger charge is -2.43. The van der Waals surface area contributed by atoms with E-state index in [0.29, 0.717) is 18.1 Å². The maximum absolute atomic E-state index is 14.4. The molecule has 3 unspecified atom stereocenters. The first-order valence-corrected chi connectivity index (χ1v) is 9.02. The molecule has 2 nitrogen and oxygen atoms in total. The summed E-state index contributed by atoms with van der Waals surface area (Å²) in [6.45, 7) is 5.05. The van der Waals surface area contributed by atoms with Crippen molar-refractivity contribution in [2.75, 3.05) is 11.9 Å². The highest BCUT2D eigenvalue weighted by Crippen LogP contribution is 2.50. The Morgan fingerprint density at radius 1 is 1.12 bits per heavy atom. The van der Waals surface area contributed by atoms with Crippen molar-refractivity contribution in [3.63, 3.8) is 0 Å². The second kappa shape index (κ2) is 6.41. The predicted octanol–water partition coefficient (Wildman–Crippen LogP) is 5.72. The summed E-state index contributed by atoms with van der Waals surface area (Å²) in [5.74, 6) is -1.02. The number of hydrogen-bond donors (Lipinski definition) is 1. The van der Waals surface area contributed by atoms with Crippen molar-refractivity contribution in [3.05, 3.63) is 64.7 Å². The molecule has 132 valence electrons. The van der Waals surface area contributed by atoms with E-state index in [4.69, 9.17) is 4.74 Å². The van der Waals surface area contributed by atoms with Crippen LogP contribution in [0.15, 0.2) is 36.4 Å². The number of anilines is 1. The zero-order chi connectivity index (χ0) is 17.6. The summed E-state index contributed by atoms with van der Waals surface area (Å²) in [5, 5.41) is 3.46. The molecule has 0 bridgehead atoms. The van der Waals surface area contributed by atoms with Crippen LogP contribution >= 0.6 is 0 Å². The number of ether oxygens (including phenoxy) is 1. The van der Waals surface area contributed by atoms with Crippen LogP contribution < -0.4 is 5.32 Å². The van der Waals surface area contributed by atoms with Crippen LogP contribution in [0, 0.1) is 17.6 Å². The Bertz CT molecular complexity index is 789. The molecule has 0 aliphatic carbocycles. The molecule has 4 rings (SSSR count). The average molecular weight is 343 g/mol. The Balaban J connectivity index is 1.80. The molecule has 0 spiro atoms. The van der Waals surface area contributed by atoms with Crippen LogP contribution in [0.4, 0.5) is 14.5 Å². The molecule has 0 radical (unpaired) electrons. The van der Waals surface area contributed by atoms with Crippen molar-refractivity contribution in [1.29, 1.82) is 0 Å². The van der Waals surface area contributed by atoms with Crippen LogP contribution in [0.5, 0.6) is 0 Å². The second-order valence-corrected chi connectivity index (χ2v) is 7.36. The van der Waals surface area contributed by atoms with E-state index in [1.54, 1.807) is 12.1 Å². The van der Waals surface area contributed by atoms with E-state index in [0.717, 1.165) is 24.1 Å². The molecular weight excluding hydrogens is 320 g/mol. The normalized spacial score (nSPS) is 25.2. The summed E-state index contributed by atoms with van der Waals surface area (Å²) in [5.41, 5.74) is 3.76. The summed E-state index contributed by atoms with van der Waals surface area (Å²) >= 11 is 0. The highest BCUT2D eigenvalue weighted by atomic mass is 19.2. The van der Waals surface area contributed by atoms with Gasteiger partial charge in [0.2, 0.25) is 0 Å². The first-order chi connectivity index (χ1) is 12.1. The third-order valence-corrected chi connectivity index (χ3v) is 5.47. The average Bonchev–Trinajstić information content (AvgIpc) is 2.63. The molecule has 4 heteroatoms. The highest BCUT2D eigenvalue weighted by molar-refractivity contribution is 5.58. The quantitative estimate of drug-likeness (QED) is 0.753. The monoisotopic (exact) mass is 343 g/mol. The van der Waals surface area contributed by atoms with Gasteiger partial charge in [0.1, 0.15) is 0 Å². The molecule has 2 aliphatic rings. The van der Waals surface area contributed by atoms with Gasteiger partial charge in [0.25, 0.3) is 0 Å². The van der Waals surface area contributed by atoms with E-state index >= 15 is 0 Å². The number of hydrogen-bond acceptors (Lipinski definition) is 2. The topological polar surface area (TPSA) is 21.3 Å². The minimum absolute atomic E-state index is 0.0728. The second-order valence-electron chi connectivity index (χ2n) is 7.36. The lowest BCUT2D eigenvalue weighted by Crippen LogP contribution is -2.36. The van der Waals surface area contributed by atoms with Crippen LogP contribution in [-0.2, 0) is 4.74 Å². The zero-order valence-corrected chi connectivity index (χ0v) is 14.6. The van der Waals surface area contributed by atoms with Crippen LogP contribution in [0.3, 0.4) is 0 Å². The van der Waals surface area contributed by atoms with Gasteiger partial charge in [0.15, 0.2) is 11.6 Å². The van der Waals surface area contributed by atoms with E-state index in [9.17, 15) is 8.78 Å². The van der Waals surface area contributed by atoms with Gasteiger partial charge in [-0.1, -0.05) is 38.1 Å². The molecule has 0 saturated carbocycles. The van der Waals surface area contributed by atoms with Gasteiger partial charge < -0.3 is 10.1 Å². The first kappa shape index (κ1) is 16.5. The van der Waals surface area contributed by atoms with Crippen molar-refractivity contribution in [3.8, 4) is 0 Å². The molecule has 1 N–H and O–H groups in total. The van der Waals surface area contributed by atoms with Crippen molar-refractivity contribution in [2.45, 2.75) is 44.8 Å². The fourth-order valence-electron chi connectivity index (χ4n) is 4.12. The lowest BCUT2D eigenvalue weighted by atomic mass is 9.76.